The van der Waals surface area contributed by atoms with Crippen LogP contribution in [-0.2, 0) is 5.60 Å². The van der Waals surface area contributed by atoms with E-state index in [-0.39, 0.29) is 11.6 Å². The second kappa shape index (κ2) is 4.56. The first-order valence-corrected chi connectivity index (χ1v) is 7.00. The Bertz CT molecular complexity index is 441. The molecule has 1 N–H and O–H groups in total. The van der Waals surface area contributed by atoms with E-state index in [2.05, 4.69) is 42.9 Å². The van der Waals surface area contributed by atoms with Crippen LogP contribution >= 0.6 is 0 Å². The fourth-order valence-corrected chi connectivity index (χ4v) is 3.07. The van der Waals surface area contributed by atoms with Crippen LogP contribution in [0.3, 0.4) is 0 Å². The molecule has 1 aliphatic rings. The topological polar surface area (TPSA) is 54.2 Å². The summed E-state index contributed by atoms with van der Waals surface area (Å²) in [6.45, 7) is 13.5. The van der Waals surface area contributed by atoms with Crippen molar-refractivity contribution in [3.63, 3.8) is 0 Å². The van der Waals surface area contributed by atoms with Gasteiger partial charge in [-0.1, -0.05) is 5.21 Å². The zero-order chi connectivity index (χ0) is 14.4. The van der Waals surface area contributed by atoms with Crippen molar-refractivity contribution in [3.05, 3.63) is 11.9 Å². The molecule has 5 heteroatoms. The van der Waals surface area contributed by atoms with Crippen molar-refractivity contribution in [1.82, 2.24) is 19.9 Å². The molecule has 0 radical (unpaired) electrons. The first-order valence-electron chi connectivity index (χ1n) is 7.00. The highest BCUT2D eigenvalue weighted by molar-refractivity contribution is 5.07. The summed E-state index contributed by atoms with van der Waals surface area (Å²) >= 11 is 0. The molecule has 5 nitrogen and oxygen atoms in total. The predicted octanol–water partition coefficient (Wildman–Crippen LogP) is 1.94. The lowest BCUT2D eigenvalue weighted by Gasteiger charge is -2.35. The Hall–Kier alpha value is -0.940. The highest BCUT2D eigenvalue weighted by Crippen LogP contribution is 2.34. The molecule has 2 rings (SSSR count). The quantitative estimate of drug-likeness (QED) is 0.889. The maximum absolute atomic E-state index is 10.2. The Labute approximate surface area is 115 Å². The number of aromatic nitrogens is 3. The molecule has 2 atom stereocenters. The molecule has 1 saturated heterocycles. The third-order valence-corrected chi connectivity index (χ3v) is 3.96. The summed E-state index contributed by atoms with van der Waals surface area (Å²) in [5, 5.41) is 18.4. The molecule has 1 fully saturated rings. The minimum absolute atomic E-state index is 0.156. The number of rotatable bonds is 2. The van der Waals surface area contributed by atoms with E-state index >= 15 is 0 Å². The van der Waals surface area contributed by atoms with Gasteiger partial charge >= 0.3 is 0 Å². The lowest BCUT2D eigenvalue weighted by atomic mass is 10.1. The van der Waals surface area contributed by atoms with Crippen LogP contribution in [0.2, 0.25) is 0 Å². The predicted molar refractivity (Wildman–Crippen MR) is 74.8 cm³/mol. The smallest absolute Gasteiger partial charge is 0.102 e. The van der Waals surface area contributed by atoms with E-state index in [0.29, 0.717) is 6.04 Å². The van der Waals surface area contributed by atoms with Crippen molar-refractivity contribution < 1.29 is 5.11 Å². The number of nitrogens with zero attached hydrogens (tertiary/aromatic N) is 4. The molecule has 108 valence electrons. The molecule has 0 unspecified atom stereocenters. The monoisotopic (exact) mass is 266 g/mol. The van der Waals surface area contributed by atoms with Crippen LogP contribution in [0.5, 0.6) is 0 Å². The van der Waals surface area contributed by atoms with Crippen LogP contribution < -0.4 is 0 Å². The summed E-state index contributed by atoms with van der Waals surface area (Å²) in [6, 6.07) is 0.807. The van der Waals surface area contributed by atoms with Gasteiger partial charge in [0.1, 0.15) is 5.60 Å². The van der Waals surface area contributed by atoms with Crippen LogP contribution in [-0.4, -0.2) is 43.1 Å². The number of aliphatic hydroxyl groups is 1. The average molecular weight is 266 g/mol. The van der Waals surface area contributed by atoms with Crippen molar-refractivity contribution >= 4 is 0 Å². The van der Waals surface area contributed by atoms with Crippen LogP contribution in [0, 0.1) is 0 Å². The van der Waals surface area contributed by atoms with Crippen LogP contribution in [0.25, 0.3) is 0 Å². The summed E-state index contributed by atoms with van der Waals surface area (Å²) in [7, 11) is 0. The molecule has 0 spiro atoms. The van der Waals surface area contributed by atoms with Gasteiger partial charge in [-0.15, -0.1) is 5.10 Å². The molecule has 19 heavy (non-hydrogen) atoms. The Morgan fingerprint density at radius 2 is 1.89 bits per heavy atom. The first-order chi connectivity index (χ1) is 8.60. The third kappa shape index (κ3) is 2.82. The molecule has 0 aliphatic carbocycles. The van der Waals surface area contributed by atoms with Gasteiger partial charge < -0.3 is 5.11 Å². The second-order valence-corrected chi connectivity index (χ2v) is 7.18. The van der Waals surface area contributed by atoms with Crippen LogP contribution in [0.1, 0.15) is 59.7 Å². The maximum atomic E-state index is 10.2. The molecule has 1 aliphatic heterocycles. The summed E-state index contributed by atoms with van der Waals surface area (Å²) < 4.78 is 1.90. The van der Waals surface area contributed by atoms with Gasteiger partial charge in [-0.25, -0.2) is 4.68 Å². The summed E-state index contributed by atoms with van der Waals surface area (Å²) in [4.78, 5) is 2.49. The minimum Gasteiger partial charge on any atom is -0.384 e. The molecule has 1 aromatic rings. The van der Waals surface area contributed by atoms with Gasteiger partial charge in [0.15, 0.2) is 0 Å². The summed E-state index contributed by atoms with van der Waals surface area (Å²) in [6.07, 6.45) is 2.72. The zero-order valence-electron chi connectivity index (χ0n) is 12.9. The number of hydrogen-bond donors (Lipinski definition) is 1. The lowest BCUT2D eigenvalue weighted by Crippen LogP contribution is -2.43. The van der Waals surface area contributed by atoms with E-state index in [0.717, 1.165) is 18.7 Å². The zero-order valence-corrected chi connectivity index (χ0v) is 12.9. The SMILES string of the molecule is C[C@H]1C[C@H](n2nncc2C(C)(C)O)CN1C(C)(C)C. The van der Waals surface area contributed by atoms with Gasteiger partial charge in [-0.05, 0) is 48.0 Å². The molecular formula is C14H26N4O. The van der Waals surface area contributed by atoms with Gasteiger partial charge in [0, 0.05) is 18.1 Å². The first kappa shape index (κ1) is 14.5. The average Bonchev–Trinajstić information content (AvgIpc) is 2.79. The lowest BCUT2D eigenvalue weighted by molar-refractivity contribution is 0.0656. The van der Waals surface area contributed by atoms with Crippen LogP contribution in [0.4, 0.5) is 0 Å². The Balaban J connectivity index is 2.24. The van der Waals surface area contributed by atoms with Crippen molar-refractivity contribution in [1.29, 1.82) is 0 Å². The van der Waals surface area contributed by atoms with Gasteiger partial charge in [-0.2, -0.15) is 0 Å². The molecular weight excluding hydrogens is 240 g/mol. The number of hydrogen-bond acceptors (Lipinski definition) is 4. The largest absolute Gasteiger partial charge is 0.384 e. The van der Waals surface area contributed by atoms with Crippen molar-refractivity contribution in [3.8, 4) is 0 Å². The van der Waals surface area contributed by atoms with Crippen LogP contribution in [0.15, 0.2) is 6.20 Å². The third-order valence-electron chi connectivity index (χ3n) is 3.96. The molecule has 0 amide bonds. The minimum atomic E-state index is -0.901. The standard InChI is InChI=1S/C14H26N4O/c1-10-7-11(9-17(10)13(2,3)4)18-12(8-15-16-18)14(5,6)19/h8,10-11,19H,7,9H2,1-6H3/t10-,11-/m0/s1. The Kier molecular flexibility index (Phi) is 3.47. The van der Waals surface area contributed by atoms with E-state index in [1.807, 2.05) is 4.68 Å². The molecule has 0 aromatic carbocycles. The van der Waals surface area contributed by atoms with Crippen molar-refractivity contribution in [2.24, 2.45) is 0 Å². The fourth-order valence-electron chi connectivity index (χ4n) is 3.07. The van der Waals surface area contributed by atoms with E-state index in [4.69, 9.17) is 0 Å². The Morgan fingerprint density at radius 1 is 1.26 bits per heavy atom. The van der Waals surface area contributed by atoms with Gasteiger partial charge in [0.25, 0.3) is 0 Å². The fraction of sp³-hybridized carbons (Fsp3) is 0.857. The highest BCUT2D eigenvalue weighted by atomic mass is 16.3. The Morgan fingerprint density at radius 3 is 2.37 bits per heavy atom. The molecule has 2 heterocycles. The van der Waals surface area contributed by atoms with Crippen molar-refractivity contribution in [2.75, 3.05) is 6.54 Å². The van der Waals surface area contributed by atoms with E-state index in [1.165, 1.54) is 0 Å². The maximum Gasteiger partial charge on any atom is 0.102 e. The van der Waals surface area contributed by atoms with Gasteiger partial charge in [0.2, 0.25) is 0 Å². The summed E-state index contributed by atoms with van der Waals surface area (Å²) in [5.41, 5.74) is 0.0476. The molecule has 0 saturated carbocycles. The highest BCUT2D eigenvalue weighted by Gasteiger charge is 2.38. The number of likely N-dealkylation sites (tertiary alicyclic amines) is 1. The van der Waals surface area contributed by atoms with E-state index in [9.17, 15) is 5.11 Å². The van der Waals surface area contributed by atoms with Gasteiger partial charge in [0.05, 0.1) is 17.9 Å². The molecule has 1 aromatic heterocycles. The second-order valence-electron chi connectivity index (χ2n) is 7.18. The van der Waals surface area contributed by atoms with E-state index in [1.54, 1.807) is 20.0 Å². The summed E-state index contributed by atoms with van der Waals surface area (Å²) in [5.74, 6) is 0. The normalized spacial score (nSPS) is 26.1. The van der Waals surface area contributed by atoms with Crippen molar-refractivity contribution in [2.45, 2.75) is 71.2 Å². The van der Waals surface area contributed by atoms with E-state index < -0.39 is 5.60 Å². The van der Waals surface area contributed by atoms with Gasteiger partial charge in [-0.3, -0.25) is 4.90 Å². The molecule has 0 bridgehead atoms.